The first-order valence-electron chi connectivity index (χ1n) is 5.59. The average Bonchev–Trinajstić information content (AvgIpc) is 2.41. The Morgan fingerprint density at radius 1 is 1.37 bits per heavy atom. The Balaban J connectivity index is 2.28. The van der Waals surface area contributed by atoms with Gasteiger partial charge in [-0.15, -0.1) is 5.10 Å². The van der Waals surface area contributed by atoms with Crippen molar-refractivity contribution < 1.29 is 9.90 Å². The number of halogens is 1. The highest BCUT2D eigenvalue weighted by Crippen LogP contribution is 2.21. The standard InChI is InChI=1S/C13H12BrN3O2/c1-17(8-9-4-2-3-5-11(9)14)12-10(13(18)19)6-7-15-16-12/h2-7H,8H2,1H3,(H,18,19). The van der Waals surface area contributed by atoms with Crippen LogP contribution in [-0.4, -0.2) is 28.3 Å². The Labute approximate surface area is 119 Å². The number of carboxylic acids is 1. The number of nitrogens with zero attached hydrogens (tertiary/aromatic N) is 3. The van der Waals surface area contributed by atoms with Crippen molar-refractivity contribution in [1.29, 1.82) is 0 Å². The van der Waals surface area contributed by atoms with Gasteiger partial charge in [0, 0.05) is 18.1 Å². The molecule has 1 aromatic carbocycles. The Morgan fingerprint density at radius 2 is 2.11 bits per heavy atom. The number of benzene rings is 1. The van der Waals surface area contributed by atoms with E-state index in [-0.39, 0.29) is 5.56 Å². The molecule has 2 rings (SSSR count). The summed E-state index contributed by atoms with van der Waals surface area (Å²) in [5.41, 5.74) is 1.19. The fourth-order valence-corrected chi connectivity index (χ4v) is 2.14. The van der Waals surface area contributed by atoms with Gasteiger partial charge in [0.05, 0.1) is 6.20 Å². The minimum atomic E-state index is -1.01. The average molecular weight is 322 g/mol. The molecule has 0 aliphatic heterocycles. The van der Waals surface area contributed by atoms with Gasteiger partial charge in [-0.1, -0.05) is 34.1 Å². The summed E-state index contributed by atoms with van der Waals surface area (Å²) in [6.45, 7) is 0.542. The number of rotatable bonds is 4. The minimum absolute atomic E-state index is 0.143. The van der Waals surface area contributed by atoms with Crippen molar-refractivity contribution >= 4 is 27.7 Å². The largest absolute Gasteiger partial charge is 0.478 e. The maximum atomic E-state index is 11.1. The van der Waals surface area contributed by atoms with E-state index in [0.717, 1.165) is 10.0 Å². The van der Waals surface area contributed by atoms with Crippen molar-refractivity contribution in [1.82, 2.24) is 10.2 Å². The summed E-state index contributed by atoms with van der Waals surface area (Å²) in [7, 11) is 1.79. The van der Waals surface area contributed by atoms with Gasteiger partial charge in [-0.05, 0) is 17.7 Å². The number of carbonyl (C=O) groups is 1. The van der Waals surface area contributed by atoms with Gasteiger partial charge in [0.15, 0.2) is 5.82 Å². The van der Waals surface area contributed by atoms with Crippen LogP contribution in [0.2, 0.25) is 0 Å². The molecule has 6 heteroatoms. The molecule has 0 aliphatic rings. The van der Waals surface area contributed by atoms with Gasteiger partial charge in [0.25, 0.3) is 0 Å². The number of anilines is 1. The van der Waals surface area contributed by atoms with E-state index in [9.17, 15) is 4.79 Å². The molecule has 98 valence electrons. The SMILES string of the molecule is CN(Cc1ccccc1Br)c1nnccc1C(=O)O. The predicted molar refractivity (Wildman–Crippen MR) is 75.2 cm³/mol. The fraction of sp³-hybridized carbons (Fsp3) is 0.154. The van der Waals surface area contributed by atoms with Crippen molar-refractivity contribution in [3.8, 4) is 0 Å². The summed E-state index contributed by atoms with van der Waals surface area (Å²) in [6.07, 6.45) is 1.37. The molecule has 1 N–H and O–H groups in total. The van der Waals surface area contributed by atoms with Crippen LogP contribution in [0.5, 0.6) is 0 Å². The maximum absolute atomic E-state index is 11.1. The molecular weight excluding hydrogens is 310 g/mol. The topological polar surface area (TPSA) is 66.3 Å². The van der Waals surface area contributed by atoms with Crippen molar-refractivity contribution in [2.75, 3.05) is 11.9 Å². The van der Waals surface area contributed by atoms with Crippen molar-refractivity contribution in [3.05, 3.63) is 52.1 Å². The van der Waals surface area contributed by atoms with Crippen LogP contribution in [0.4, 0.5) is 5.82 Å². The first kappa shape index (κ1) is 13.5. The van der Waals surface area contributed by atoms with E-state index in [4.69, 9.17) is 5.11 Å². The van der Waals surface area contributed by atoms with Gasteiger partial charge in [-0.25, -0.2) is 4.79 Å². The van der Waals surface area contributed by atoms with Crippen LogP contribution in [0.3, 0.4) is 0 Å². The molecule has 1 aromatic heterocycles. The van der Waals surface area contributed by atoms with Crippen LogP contribution in [0.15, 0.2) is 41.0 Å². The molecule has 0 unspecified atom stereocenters. The van der Waals surface area contributed by atoms with E-state index in [0.29, 0.717) is 12.4 Å². The zero-order valence-corrected chi connectivity index (χ0v) is 11.8. The monoisotopic (exact) mass is 321 g/mol. The number of aromatic nitrogens is 2. The molecule has 2 aromatic rings. The highest BCUT2D eigenvalue weighted by atomic mass is 79.9. The lowest BCUT2D eigenvalue weighted by Crippen LogP contribution is -2.21. The number of aromatic carboxylic acids is 1. The zero-order valence-electron chi connectivity index (χ0n) is 10.2. The Morgan fingerprint density at radius 3 is 2.79 bits per heavy atom. The molecule has 5 nitrogen and oxygen atoms in total. The molecule has 0 aliphatic carbocycles. The van der Waals surface area contributed by atoms with Crippen LogP contribution < -0.4 is 4.90 Å². The summed E-state index contributed by atoms with van der Waals surface area (Å²) in [5, 5.41) is 16.8. The third-order valence-electron chi connectivity index (χ3n) is 2.66. The van der Waals surface area contributed by atoms with E-state index in [1.165, 1.54) is 12.3 Å². The van der Waals surface area contributed by atoms with E-state index in [2.05, 4.69) is 26.1 Å². The minimum Gasteiger partial charge on any atom is -0.478 e. The van der Waals surface area contributed by atoms with E-state index in [1.807, 2.05) is 24.3 Å². The van der Waals surface area contributed by atoms with Gasteiger partial charge < -0.3 is 10.0 Å². The molecule has 0 fully saturated rings. The lowest BCUT2D eigenvalue weighted by Gasteiger charge is -2.19. The third-order valence-corrected chi connectivity index (χ3v) is 3.43. The molecule has 0 saturated carbocycles. The Hall–Kier alpha value is -1.95. The van der Waals surface area contributed by atoms with Crippen LogP contribution >= 0.6 is 15.9 Å². The highest BCUT2D eigenvalue weighted by molar-refractivity contribution is 9.10. The van der Waals surface area contributed by atoms with Crippen LogP contribution in [-0.2, 0) is 6.54 Å². The van der Waals surface area contributed by atoms with Crippen LogP contribution in [0, 0.1) is 0 Å². The van der Waals surface area contributed by atoms with Gasteiger partial charge in [0.1, 0.15) is 5.56 Å². The number of hydrogen-bond acceptors (Lipinski definition) is 4. The van der Waals surface area contributed by atoms with E-state index >= 15 is 0 Å². The molecule has 0 amide bonds. The van der Waals surface area contributed by atoms with Crippen molar-refractivity contribution in [3.63, 3.8) is 0 Å². The highest BCUT2D eigenvalue weighted by Gasteiger charge is 2.15. The first-order valence-corrected chi connectivity index (χ1v) is 6.38. The van der Waals surface area contributed by atoms with Gasteiger partial charge in [-0.2, -0.15) is 5.10 Å². The van der Waals surface area contributed by atoms with Gasteiger partial charge >= 0.3 is 5.97 Å². The Kier molecular flexibility index (Phi) is 4.11. The maximum Gasteiger partial charge on any atom is 0.339 e. The third kappa shape index (κ3) is 3.08. The lowest BCUT2D eigenvalue weighted by atomic mass is 10.2. The van der Waals surface area contributed by atoms with Crippen LogP contribution in [0.25, 0.3) is 0 Å². The second-order valence-corrected chi connectivity index (χ2v) is 4.88. The second kappa shape index (κ2) is 5.79. The molecule has 0 saturated heterocycles. The summed E-state index contributed by atoms with van der Waals surface area (Å²) in [5.74, 6) is -0.658. The van der Waals surface area contributed by atoms with E-state index in [1.54, 1.807) is 11.9 Å². The summed E-state index contributed by atoms with van der Waals surface area (Å²) >= 11 is 3.47. The smallest absolute Gasteiger partial charge is 0.339 e. The fourth-order valence-electron chi connectivity index (χ4n) is 1.73. The molecular formula is C13H12BrN3O2. The lowest BCUT2D eigenvalue weighted by molar-refractivity contribution is 0.0697. The van der Waals surface area contributed by atoms with Crippen LogP contribution in [0.1, 0.15) is 15.9 Å². The quantitative estimate of drug-likeness (QED) is 0.937. The predicted octanol–water partition coefficient (Wildman–Crippen LogP) is 2.57. The van der Waals surface area contributed by atoms with Crippen molar-refractivity contribution in [2.24, 2.45) is 0 Å². The van der Waals surface area contributed by atoms with Crippen molar-refractivity contribution in [2.45, 2.75) is 6.54 Å². The van der Waals surface area contributed by atoms with Gasteiger partial charge in [-0.3, -0.25) is 0 Å². The molecule has 0 bridgehead atoms. The molecule has 0 radical (unpaired) electrons. The summed E-state index contributed by atoms with van der Waals surface area (Å²) < 4.78 is 0.975. The number of carboxylic acid groups (broad SMARTS) is 1. The second-order valence-electron chi connectivity index (χ2n) is 4.02. The van der Waals surface area contributed by atoms with Gasteiger partial charge in [0.2, 0.25) is 0 Å². The summed E-state index contributed by atoms with van der Waals surface area (Å²) in [4.78, 5) is 12.9. The normalized spacial score (nSPS) is 10.2. The molecule has 0 atom stereocenters. The van der Waals surface area contributed by atoms with E-state index < -0.39 is 5.97 Å². The summed E-state index contributed by atoms with van der Waals surface area (Å²) in [6, 6.07) is 9.22. The Bertz CT molecular complexity index is 604. The number of hydrogen-bond donors (Lipinski definition) is 1. The molecule has 19 heavy (non-hydrogen) atoms. The zero-order chi connectivity index (χ0) is 13.8. The molecule has 0 spiro atoms. The first-order chi connectivity index (χ1) is 9.09. The molecule has 1 heterocycles.